The summed E-state index contributed by atoms with van der Waals surface area (Å²) in [5, 5.41) is 2.91. The van der Waals surface area contributed by atoms with E-state index < -0.39 is 34.1 Å². The third kappa shape index (κ3) is 7.85. The number of halogens is 1. The molecule has 0 radical (unpaired) electrons. The lowest BCUT2D eigenvalue weighted by Gasteiger charge is -2.33. The van der Waals surface area contributed by atoms with E-state index in [4.69, 9.17) is 0 Å². The van der Waals surface area contributed by atoms with E-state index in [1.54, 1.807) is 31.2 Å². The van der Waals surface area contributed by atoms with Crippen molar-refractivity contribution in [1.29, 1.82) is 0 Å². The van der Waals surface area contributed by atoms with Crippen LogP contribution in [0.5, 0.6) is 0 Å². The van der Waals surface area contributed by atoms with E-state index in [0.29, 0.717) is 5.69 Å². The van der Waals surface area contributed by atoms with Gasteiger partial charge in [0.1, 0.15) is 12.6 Å². The van der Waals surface area contributed by atoms with Crippen LogP contribution < -0.4 is 9.62 Å². The molecule has 0 aliphatic heterocycles. The number of carbonyl (C=O) groups is 2. The lowest BCUT2D eigenvalue weighted by Crippen LogP contribution is -2.54. The molecular formula is C24H32BrN3O4S. The first-order chi connectivity index (χ1) is 15.2. The standard InChI is InChI=1S/C24H32BrN3O4S/c1-17-9-7-8-10-19(17)15-27(18(2)23(30)26-24(3,4)5)22(29)16-28(33(6,31)32)21-13-11-20(25)12-14-21/h7-14,18H,15-16H2,1-6H3,(H,26,30)/t18-/m0/s1. The van der Waals surface area contributed by atoms with Gasteiger partial charge < -0.3 is 10.2 Å². The van der Waals surface area contributed by atoms with Crippen molar-refractivity contribution in [3.05, 3.63) is 64.1 Å². The van der Waals surface area contributed by atoms with Crippen LogP contribution in [-0.4, -0.2) is 49.5 Å². The number of nitrogens with one attached hydrogen (secondary N) is 1. The molecule has 0 heterocycles. The molecule has 0 aliphatic rings. The van der Waals surface area contributed by atoms with Crippen LogP contribution in [0.3, 0.4) is 0 Å². The Kier molecular flexibility index (Phi) is 8.70. The smallest absolute Gasteiger partial charge is 0.244 e. The van der Waals surface area contributed by atoms with Crippen molar-refractivity contribution < 1.29 is 18.0 Å². The molecule has 1 atom stereocenters. The predicted molar refractivity (Wildman–Crippen MR) is 135 cm³/mol. The van der Waals surface area contributed by atoms with E-state index in [1.807, 2.05) is 52.0 Å². The van der Waals surface area contributed by atoms with Crippen molar-refractivity contribution in [1.82, 2.24) is 10.2 Å². The Morgan fingerprint density at radius 3 is 2.15 bits per heavy atom. The monoisotopic (exact) mass is 537 g/mol. The van der Waals surface area contributed by atoms with Gasteiger partial charge in [0.25, 0.3) is 0 Å². The zero-order valence-corrected chi connectivity index (χ0v) is 22.3. The second-order valence-corrected chi connectivity index (χ2v) is 11.9. The average Bonchev–Trinajstić information content (AvgIpc) is 2.69. The zero-order valence-electron chi connectivity index (χ0n) is 19.9. The Labute approximate surface area is 205 Å². The highest BCUT2D eigenvalue weighted by molar-refractivity contribution is 9.10. The van der Waals surface area contributed by atoms with Crippen LogP contribution in [0, 0.1) is 6.92 Å². The Morgan fingerprint density at radius 2 is 1.64 bits per heavy atom. The highest BCUT2D eigenvalue weighted by Gasteiger charge is 2.31. The van der Waals surface area contributed by atoms with Gasteiger partial charge in [0.05, 0.1) is 11.9 Å². The topological polar surface area (TPSA) is 86.8 Å². The van der Waals surface area contributed by atoms with Gasteiger partial charge in [-0.2, -0.15) is 0 Å². The predicted octanol–water partition coefficient (Wildman–Crippen LogP) is 3.86. The van der Waals surface area contributed by atoms with Crippen molar-refractivity contribution >= 4 is 43.5 Å². The van der Waals surface area contributed by atoms with Crippen LogP contribution in [0.1, 0.15) is 38.8 Å². The molecule has 33 heavy (non-hydrogen) atoms. The number of hydrogen-bond donors (Lipinski definition) is 1. The molecule has 2 aromatic rings. The second-order valence-electron chi connectivity index (χ2n) is 9.11. The number of anilines is 1. The second kappa shape index (κ2) is 10.7. The van der Waals surface area contributed by atoms with Crippen molar-refractivity contribution in [2.45, 2.75) is 52.7 Å². The molecular weight excluding hydrogens is 506 g/mol. The number of hydrogen-bond acceptors (Lipinski definition) is 4. The van der Waals surface area contributed by atoms with Crippen LogP contribution in [0.15, 0.2) is 53.0 Å². The van der Waals surface area contributed by atoms with Gasteiger partial charge in [0.15, 0.2) is 0 Å². The maximum atomic E-state index is 13.5. The van der Waals surface area contributed by atoms with Gasteiger partial charge in [-0.3, -0.25) is 13.9 Å². The first-order valence-corrected chi connectivity index (χ1v) is 13.2. The number of benzene rings is 2. The van der Waals surface area contributed by atoms with Crippen molar-refractivity contribution in [2.24, 2.45) is 0 Å². The van der Waals surface area contributed by atoms with Crippen LogP contribution in [0.4, 0.5) is 5.69 Å². The summed E-state index contributed by atoms with van der Waals surface area (Å²) in [6.07, 6.45) is 1.06. The highest BCUT2D eigenvalue weighted by atomic mass is 79.9. The molecule has 0 unspecified atom stereocenters. The minimum Gasteiger partial charge on any atom is -0.350 e. The lowest BCUT2D eigenvalue weighted by atomic mass is 10.1. The van der Waals surface area contributed by atoms with E-state index >= 15 is 0 Å². The van der Waals surface area contributed by atoms with Gasteiger partial charge in [-0.05, 0) is 70.0 Å². The number of rotatable bonds is 8. The first-order valence-electron chi connectivity index (χ1n) is 10.6. The molecule has 1 N–H and O–H groups in total. The fraction of sp³-hybridized carbons (Fsp3) is 0.417. The van der Waals surface area contributed by atoms with E-state index in [1.165, 1.54) is 4.90 Å². The van der Waals surface area contributed by atoms with E-state index in [0.717, 1.165) is 26.2 Å². The number of carbonyl (C=O) groups excluding carboxylic acids is 2. The quantitative estimate of drug-likeness (QED) is 0.553. The highest BCUT2D eigenvalue weighted by Crippen LogP contribution is 2.22. The lowest BCUT2D eigenvalue weighted by molar-refractivity contribution is -0.140. The summed E-state index contributed by atoms with van der Waals surface area (Å²) in [5.41, 5.74) is 1.76. The number of amides is 2. The molecule has 0 spiro atoms. The fourth-order valence-electron chi connectivity index (χ4n) is 3.25. The van der Waals surface area contributed by atoms with Crippen molar-refractivity contribution in [2.75, 3.05) is 17.1 Å². The summed E-state index contributed by atoms with van der Waals surface area (Å²) < 4.78 is 26.9. The molecule has 0 bridgehead atoms. The summed E-state index contributed by atoms with van der Waals surface area (Å²) in [5.74, 6) is -0.776. The molecule has 7 nitrogen and oxygen atoms in total. The van der Waals surface area contributed by atoms with Crippen LogP contribution in [-0.2, 0) is 26.2 Å². The maximum Gasteiger partial charge on any atom is 0.244 e. The molecule has 180 valence electrons. The molecule has 9 heteroatoms. The molecule has 0 fully saturated rings. The van der Waals surface area contributed by atoms with Crippen LogP contribution in [0.2, 0.25) is 0 Å². The number of sulfonamides is 1. The first kappa shape index (κ1) is 26.9. The van der Waals surface area contributed by atoms with Gasteiger partial charge in [-0.15, -0.1) is 0 Å². The summed E-state index contributed by atoms with van der Waals surface area (Å²) in [7, 11) is -3.75. The van der Waals surface area contributed by atoms with Crippen LogP contribution >= 0.6 is 15.9 Å². The number of nitrogens with zero attached hydrogens (tertiary/aromatic N) is 2. The van der Waals surface area contributed by atoms with Crippen molar-refractivity contribution in [3.8, 4) is 0 Å². The SMILES string of the molecule is Cc1ccccc1CN(C(=O)CN(c1ccc(Br)cc1)S(C)(=O)=O)[C@@H](C)C(=O)NC(C)(C)C. The van der Waals surface area contributed by atoms with E-state index in [9.17, 15) is 18.0 Å². The summed E-state index contributed by atoms with van der Waals surface area (Å²) in [6.45, 7) is 8.95. The third-order valence-electron chi connectivity index (χ3n) is 5.06. The van der Waals surface area contributed by atoms with Gasteiger partial charge in [-0.1, -0.05) is 40.2 Å². The summed E-state index contributed by atoms with van der Waals surface area (Å²) in [4.78, 5) is 27.9. The minimum absolute atomic E-state index is 0.183. The average molecular weight is 539 g/mol. The van der Waals surface area contributed by atoms with Gasteiger partial charge >= 0.3 is 0 Å². The fourth-order valence-corrected chi connectivity index (χ4v) is 4.36. The van der Waals surface area contributed by atoms with Gasteiger partial charge in [-0.25, -0.2) is 8.42 Å². The third-order valence-corrected chi connectivity index (χ3v) is 6.73. The van der Waals surface area contributed by atoms with Crippen molar-refractivity contribution in [3.63, 3.8) is 0 Å². The molecule has 2 amide bonds. The Hall–Kier alpha value is -2.39. The van der Waals surface area contributed by atoms with E-state index in [2.05, 4.69) is 21.2 Å². The number of aryl methyl sites for hydroxylation is 1. The molecule has 0 saturated carbocycles. The van der Waals surface area contributed by atoms with Gasteiger partial charge in [0.2, 0.25) is 21.8 Å². The maximum absolute atomic E-state index is 13.5. The minimum atomic E-state index is -3.75. The van der Waals surface area contributed by atoms with E-state index in [-0.39, 0.29) is 12.5 Å². The molecule has 2 rings (SSSR count). The molecule has 0 aliphatic carbocycles. The molecule has 0 aromatic heterocycles. The largest absolute Gasteiger partial charge is 0.350 e. The Bertz CT molecular complexity index is 1100. The van der Waals surface area contributed by atoms with Crippen LogP contribution in [0.25, 0.3) is 0 Å². The molecule has 2 aromatic carbocycles. The van der Waals surface area contributed by atoms with Gasteiger partial charge in [0, 0.05) is 16.6 Å². The normalized spacial score (nSPS) is 12.7. The zero-order chi connectivity index (χ0) is 25.0. The summed E-state index contributed by atoms with van der Waals surface area (Å²) in [6, 6.07) is 13.5. The molecule has 0 saturated heterocycles. The Balaban J connectivity index is 2.41. The Morgan fingerprint density at radius 1 is 1.06 bits per heavy atom. The summed E-state index contributed by atoms with van der Waals surface area (Å²) >= 11 is 3.33.